The predicted octanol–water partition coefficient (Wildman–Crippen LogP) is 3.00. The topological polar surface area (TPSA) is 23.5 Å². The molecule has 1 N–H and O–H groups in total. The van der Waals surface area contributed by atoms with Crippen LogP contribution in [-0.2, 0) is 0 Å². The molecule has 2 rings (SSSR count). The Hall–Kier alpha value is 0.270. The van der Waals surface area contributed by atoms with E-state index in [1.54, 1.807) is 0 Å². The Morgan fingerprint density at radius 1 is 1.17 bits per heavy atom. The van der Waals surface area contributed by atoms with Crippen LogP contribution < -0.4 is 0 Å². The number of aliphatic hydroxyl groups excluding tert-OH is 1. The molecule has 106 valence electrons. The molecule has 0 amide bonds. The van der Waals surface area contributed by atoms with E-state index in [2.05, 4.69) is 44.4 Å². The molecule has 0 aromatic rings. The lowest BCUT2D eigenvalue weighted by molar-refractivity contribution is 0.0333. The van der Waals surface area contributed by atoms with Crippen molar-refractivity contribution in [1.82, 2.24) is 4.90 Å². The zero-order chi connectivity index (χ0) is 13.4. The Kier molecular flexibility index (Phi) is 4.35. The molecular weight excluding hydrogens is 242 g/mol. The van der Waals surface area contributed by atoms with E-state index < -0.39 is 0 Å². The van der Waals surface area contributed by atoms with Gasteiger partial charge in [-0.05, 0) is 37.1 Å². The van der Waals surface area contributed by atoms with Crippen molar-refractivity contribution in [3.05, 3.63) is 0 Å². The van der Waals surface area contributed by atoms with E-state index in [0.29, 0.717) is 10.7 Å². The zero-order valence-electron chi connectivity index (χ0n) is 12.4. The van der Waals surface area contributed by atoms with Gasteiger partial charge < -0.3 is 10.0 Å². The maximum absolute atomic E-state index is 10.4. The lowest BCUT2D eigenvalue weighted by Crippen LogP contribution is -2.37. The first kappa shape index (κ1) is 14.7. The normalized spacial score (nSPS) is 36.5. The third-order valence-electron chi connectivity index (χ3n) is 4.83. The van der Waals surface area contributed by atoms with Gasteiger partial charge in [-0.2, -0.15) is 11.8 Å². The summed E-state index contributed by atoms with van der Waals surface area (Å²) in [6.07, 6.45) is 3.53. The second-order valence-corrected chi connectivity index (χ2v) is 9.19. The molecule has 1 saturated carbocycles. The van der Waals surface area contributed by atoms with Gasteiger partial charge in [-0.15, -0.1) is 0 Å². The minimum Gasteiger partial charge on any atom is -0.392 e. The van der Waals surface area contributed by atoms with Gasteiger partial charge in [-0.3, -0.25) is 0 Å². The van der Waals surface area contributed by atoms with Gasteiger partial charge in [-0.25, -0.2) is 0 Å². The predicted molar refractivity (Wildman–Crippen MR) is 80.1 cm³/mol. The van der Waals surface area contributed by atoms with Crippen molar-refractivity contribution in [2.75, 3.05) is 25.4 Å². The second kappa shape index (κ2) is 5.34. The summed E-state index contributed by atoms with van der Waals surface area (Å²) in [7, 11) is 0. The molecule has 1 saturated heterocycles. The van der Waals surface area contributed by atoms with Crippen LogP contribution in [0.3, 0.4) is 0 Å². The Bertz CT molecular complexity index is 290. The van der Waals surface area contributed by atoms with Gasteiger partial charge in [0.1, 0.15) is 0 Å². The summed E-state index contributed by atoms with van der Waals surface area (Å²) in [5.74, 6) is 1.73. The summed E-state index contributed by atoms with van der Waals surface area (Å²) in [6.45, 7) is 12.6. The molecule has 0 spiro atoms. The van der Waals surface area contributed by atoms with Crippen LogP contribution in [0.15, 0.2) is 0 Å². The van der Waals surface area contributed by atoms with E-state index in [0.717, 1.165) is 6.54 Å². The fourth-order valence-electron chi connectivity index (χ4n) is 3.27. The van der Waals surface area contributed by atoms with Gasteiger partial charge in [0.25, 0.3) is 0 Å². The molecule has 0 aromatic carbocycles. The summed E-state index contributed by atoms with van der Waals surface area (Å²) < 4.78 is 0.433. The van der Waals surface area contributed by atoms with E-state index in [9.17, 15) is 5.11 Å². The van der Waals surface area contributed by atoms with Gasteiger partial charge in [0.15, 0.2) is 0 Å². The number of thioether (sulfide) groups is 1. The SMILES string of the molecule is CC1(C)CCN(CC2CCC(C)(C)C2O)CCS1. The lowest BCUT2D eigenvalue weighted by atomic mass is 9.87. The molecule has 0 bridgehead atoms. The Labute approximate surface area is 117 Å². The van der Waals surface area contributed by atoms with Gasteiger partial charge in [0.2, 0.25) is 0 Å². The monoisotopic (exact) mass is 271 g/mol. The first-order valence-corrected chi connectivity index (χ1v) is 8.33. The number of rotatable bonds is 2. The summed E-state index contributed by atoms with van der Waals surface area (Å²) in [4.78, 5) is 2.58. The van der Waals surface area contributed by atoms with Crippen LogP contribution in [-0.4, -0.2) is 46.2 Å². The first-order valence-electron chi connectivity index (χ1n) is 7.35. The fourth-order valence-corrected chi connectivity index (χ4v) is 4.41. The average molecular weight is 271 g/mol. The number of nitrogens with zero attached hydrogens (tertiary/aromatic N) is 1. The number of hydrogen-bond donors (Lipinski definition) is 1. The van der Waals surface area contributed by atoms with Crippen molar-refractivity contribution in [3.63, 3.8) is 0 Å². The van der Waals surface area contributed by atoms with Crippen LogP contribution in [0.2, 0.25) is 0 Å². The summed E-state index contributed by atoms with van der Waals surface area (Å²) in [6, 6.07) is 0. The van der Waals surface area contributed by atoms with Gasteiger partial charge >= 0.3 is 0 Å². The molecule has 18 heavy (non-hydrogen) atoms. The minimum atomic E-state index is -0.110. The van der Waals surface area contributed by atoms with Crippen molar-refractivity contribution in [1.29, 1.82) is 0 Å². The molecule has 2 aliphatic rings. The highest BCUT2D eigenvalue weighted by atomic mass is 32.2. The van der Waals surface area contributed by atoms with Gasteiger partial charge in [-0.1, -0.05) is 27.7 Å². The van der Waals surface area contributed by atoms with Crippen LogP contribution >= 0.6 is 11.8 Å². The van der Waals surface area contributed by atoms with Crippen molar-refractivity contribution >= 4 is 11.8 Å². The summed E-state index contributed by atoms with van der Waals surface area (Å²) in [5, 5.41) is 10.4. The van der Waals surface area contributed by atoms with Crippen LogP contribution in [0, 0.1) is 11.3 Å². The Morgan fingerprint density at radius 2 is 1.89 bits per heavy atom. The Balaban J connectivity index is 1.87. The third kappa shape index (κ3) is 3.43. The van der Waals surface area contributed by atoms with Crippen LogP contribution in [0.4, 0.5) is 0 Å². The summed E-state index contributed by atoms with van der Waals surface area (Å²) >= 11 is 2.10. The molecule has 1 aliphatic carbocycles. The van der Waals surface area contributed by atoms with E-state index >= 15 is 0 Å². The molecule has 2 nitrogen and oxygen atoms in total. The van der Waals surface area contributed by atoms with E-state index in [1.807, 2.05) is 0 Å². The molecule has 1 aliphatic heterocycles. The van der Waals surface area contributed by atoms with E-state index in [-0.39, 0.29) is 11.5 Å². The number of hydrogen-bond acceptors (Lipinski definition) is 3. The quantitative estimate of drug-likeness (QED) is 0.835. The molecule has 2 fully saturated rings. The van der Waals surface area contributed by atoms with Crippen LogP contribution in [0.25, 0.3) is 0 Å². The van der Waals surface area contributed by atoms with Crippen LogP contribution in [0.1, 0.15) is 47.0 Å². The maximum atomic E-state index is 10.4. The van der Waals surface area contributed by atoms with Crippen molar-refractivity contribution in [2.45, 2.75) is 57.8 Å². The number of aliphatic hydroxyl groups is 1. The molecule has 0 aromatic heterocycles. The van der Waals surface area contributed by atoms with Crippen molar-refractivity contribution < 1.29 is 5.11 Å². The van der Waals surface area contributed by atoms with Gasteiger partial charge in [0.05, 0.1) is 6.10 Å². The zero-order valence-corrected chi connectivity index (χ0v) is 13.2. The lowest BCUT2D eigenvalue weighted by Gasteiger charge is -2.29. The minimum absolute atomic E-state index is 0.110. The molecule has 2 unspecified atom stereocenters. The third-order valence-corrected chi connectivity index (χ3v) is 6.20. The second-order valence-electron chi connectivity index (χ2n) is 7.39. The maximum Gasteiger partial charge on any atom is 0.0631 e. The largest absolute Gasteiger partial charge is 0.392 e. The van der Waals surface area contributed by atoms with E-state index in [4.69, 9.17) is 0 Å². The molecule has 2 atom stereocenters. The van der Waals surface area contributed by atoms with Crippen molar-refractivity contribution in [3.8, 4) is 0 Å². The molecule has 0 radical (unpaired) electrons. The highest BCUT2D eigenvalue weighted by molar-refractivity contribution is 8.00. The standard InChI is InChI=1S/C15H29NOS/c1-14(2)6-5-12(13(14)17)11-16-8-7-15(3,4)18-10-9-16/h12-13,17H,5-11H2,1-4H3. The van der Waals surface area contributed by atoms with Crippen LogP contribution in [0.5, 0.6) is 0 Å². The molecule has 1 heterocycles. The highest BCUT2D eigenvalue weighted by Gasteiger charge is 2.41. The van der Waals surface area contributed by atoms with Gasteiger partial charge in [0, 0.05) is 23.6 Å². The fraction of sp³-hybridized carbons (Fsp3) is 1.00. The Morgan fingerprint density at radius 3 is 2.50 bits per heavy atom. The highest BCUT2D eigenvalue weighted by Crippen LogP contribution is 2.42. The summed E-state index contributed by atoms with van der Waals surface area (Å²) in [5.41, 5.74) is 0.130. The van der Waals surface area contributed by atoms with E-state index in [1.165, 1.54) is 38.1 Å². The first-order chi connectivity index (χ1) is 8.30. The molecule has 3 heteroatoms. The smallest absolute Gasteiger partial charge is 0.0631 e. The average Bonchev–Trinajstić information content (AvgIpc) is 2.45. The van der Waals surface area contributed by atoms with Crippen molar-refractivity contribution in [2.24, 2.45) is 11.3 Å². The molecular formula is C15H29NOS.